The molecule has 0 saturated heterocycles. The molecule has 15 heavy (non-hydrogen) atoms. The van der Waals surface area contributed by atoms with Crippen LogP contribution in [0.15, 0.2) is 41.0 Å². The van der Waals surface area contributed by atoms with E-state index in [9.17, 15) is 0 Å². The van der Waals surface area contributed by atoms with E-state index in [4.69, 9.17) is 10.2 Å². The Balaban J connectivity index is 0.00000196. The Morgan fingerprint density at radius 3 is 2.40 bits per heavy atom. The van der Waals surface area contributed by atoms with Gasteiger partial charge in [0.15, 0.2) is 0 Å². The van der Waals surface area contributed by atoms with Gasteiger partial charge in [-0.05, 0) is 6.21 Å². The third-order valence-corrected chi connectivity index (χ3v) is 1.53. The van der Waals surface area contributed by atoms with Gasteiger partial charge in [-0.1, -0.05) is 12.7 Å². The van der Waals surface area contributed by atoms with Gasteiger partial charge in [-0.2, -0.15) is 5.70 Å². The van der Waals surface area contributed by atoms with Crippen molar-refractivity contribution in [2.24, 2.45) is 4.99 Å². The maximum absolute atomic E-state index is 8.79. The Kier molecular flexibility index (Phi) is 8.72. The summed E-state index contributed by atoms with van der Waals surface area (Å²) in [6, 6.07) is 9.33. The van der Waals surface area contributed by atoms with E-state index < -0.39 is 0 Å². The van der Waals surface area contributed by atoms with E-state index in [2.05, 4.69) is 17.3 Å². The van der Waals surface area contributed by atoms with Gasteiger partial charge < -0.3 is 21.3 Å². The van der Waals surface area contributed by atoms with E-state index in [0.717, 1.165) is 5.56 Å². The number of aliphatic imine (C=N–C) groups is 1. The topological polar surface area (TPSA) is 52.8 Å². The number of benzene rings is 1. The summed E-state index contributed by atoms with van der Waals surface area (Å²) in [4.78, 5) is 3.85. The van der Waals surface area contributed by atoms with E-state index >= 15 is 0 Å². The van der Waals surface area contributed by atoms with Crippen molar-refractivity contribution in [3.8, 4) is 0 Å². The van der Waals surface area contributed by atoms with Crippen molar-refractivity contribution >= 4 is 6.21 Å². The Hall–Kier alpha value is -0.346. The molecule has 3 nitrogen and oxygen atoms in total. The molecular formula is C11H11NO2Y-2. The molecule has 2 N–H and O–H groups in total. The molecule has 0 bridgehead atoms. The minimum absolute atomic E-state index is 0. The van der Waals surface area contributed by atoms with Crippen LogP contribution in [0.25, 0.3) is 0 Å². The van der Waals surface area contributed by atoms with Gasteiger partial charge in [0.1, 0.15) is 0 Å². The first-order chi connectivity index (χ1) is 6.86. The first-order valence-corrected chi connectivity index (χ1v) is 4.20. The standard InChI is InChI=1S/C11H11NO2.Y/c13-7-6-11(9-14)12-8-10-4-2-1-3-5-10;/h1-5,13-14H,7,9H2;/q-2;. The van der Waals surface area contributed by atoms with Gasteiger partial charge in [-0.3, -0.25) is 0 Å². The minimum Gasteiger partial charge on any atom is -0.499 e. The maximum Gasteiger partial charge on any atom is 0.0196 e. The summed E-state index contributed by atoms with van der Waals surface area (Å²) in [5, 5.41) is 17.3. The molecule has 0 saturated carbocycles. The predicted molar refractivity (Wildman–Crippen MR) is 53.9 cm³/mol. The summed E-state index contributed by atoms with van der Waals surface area (Å²) < 4.78 is 0. The normalized spacial score (nSPS) is 11.5. The van der Waals surface area contributed by atoms with E-state index in [1.165, 1.54) is 0 Å². The van der Waals surface area contributed by atoms with Crippen LogP contribution in [-0.2, 0) is 32.7 Å². The Morgan fingerprint density at radius 1 is 1.20 bits per heavy atom. The molecule has 0 atom stereocenters. The summed E-state index contributed by atoms with van der Waals surface area (Å²) in [6.07, 6.45) is 5.23. The predicted octanol–water partition coefficient (Wildman–Crippen LogP) is 0.652. The second-order valence-electron chi connectivity index (χ2n) is 2.53. The van der Waals surface area contributed by atoms with E-state index in [1.54, 1.807) is 0 Å². The van der Waals surface area contributed by atoms with Crippen LogP contribution in [0.3, 0.4) is 0 Å². The van der Waals surface area contributed by atoms with Crippen molar-refractivity contribution in [3.63, 3.8) is 0 Å². The van der Waals surface area contributed by atoms with Crippen molar-refractivity contribution in [1.29, 1.82) is 0 Å². The smallest absolute Gasteiger partial charge is 0.0196 e. The number of aliphatic hydroxyl groups is 2. The molecule has 0 aliphatic carbocycles. The average Bonchev–Trinajstić information content (AvgIpc) is 2.25. The van der Waals surface area contributed by atoms with Gasteiger partial charge in [-0.15, -0.1) is 29.8 Å². The molecule has 0 unspecified atom stereocenters. The molecule has 1 rings (SSSR count). The van der Waals surface area contributed by atoms with Crippen LogP contribution in [0.2, 0.25) is 0 Å². The Bertz CT molecular complexity index is 323. The fourth-order valence-corrected chi connectivity index (χ4v) is 0.867. The summed E-state index contributed by atoms with van der Waals surface area (Å²) in [5.74, 6) is 0. The van der Waals surface area contributed by atoms with Crippen LogP contribution >= 0.6 is 0 Å². The summed E-state index contributed by atoms with van der Waals surface area (Å²) in [5.41, 5.74) is 1.11. The third-order valence-electron chi connectivity index (χ3n) is 1.53. The van der Waals surface area contributed by atoms with E-state index in [-0.39, 0.29) is 51.6 Å². The first kappa shape index (κ1) is 14.7. The molecule has 1 radical (unpaired) electrons. The maximum atomic E-state index is 8.79. The van der Waals surface area contributed by atoms with Gasteiger partial charge in [0, 0.05) is 39.3 Å². The zero-order valence-corrected chi connectivity index (χ0v) is 11.1. The molecule has 0 aliphatic heterocycles. The van der Waals surface area contributed by atoms with Crippen molar-refractivity contribution in [2.75, 3.05) is 13.2 Å². The average molecular weight is 278 g/mol. The summed E-state index contributed by atoms with van der Waals surface area (Å²) >= 11 is 0. The molecule has 0 aromatic heterocycles. The van der Waals surface area contributed by atoms with Crippen LogP contribution < -0.4 is 0 Å². The van der Waals surface area contributed by atoms with Crippen molar-refractivity contribution in [2.45, 2.75) is 0 Å². The van der Waals surface area contributed by atoms with Crippen molar-refractivity contribution < 1.29 is 42.9 Å². The zero-order chi connectivity index (χ0) is 10.2. The number of rotatable bonds is 4. The molecule has 0 heterocycles. The molecular weight excluding hydrogens is 267 g/mol. The molecule has 1 aromatic carbocycles. The molecule has 77 valence electrons. The van der Waals surface area contributed by atoms with Gasteiger partial charge in [0.05, 0.1) is 0 Å². The molecule has 4 heteroatoms. The first-order valence-electron chi connectivity index (χ1n) is 4.20. The largest absolute Gasteiger partial charge is 0.499 e. The third kappa shape index (κ3) is 5.95. The van der Waals surface area contributed by atoms with Crippen LogP contribution in [0, 0.1) is 6.08 Å². The minimum atomic E-state index is -0.254. The van der Waals surface area contributed by atoms with Crippen LogP contribution in [0.1, 0.15) is 5.56 Å². The van der Waals surface area contributed by atoms with Gasteiger partial charge in [0.25, 0.3) is 0 Å². The zero-order valence-electron chi connectivity index (χ0n) is 8.22. The van der Waals surface area contributed by atoms with Crippen LogP contribution in [-0.4, -0.2) is 29.6 Å². The number of nitrogens with zero attached hydrogens (tertiary/aromatic N) is 1. The number of hydrogen-bond donors (Lipinski definition) is 2. The monoisotopic (exact) mass is 278 g/mol. The fourth-order valence-electron chi connectivity index (χ4n) is 0.867. The Labute approximate surface area is 114 Å². The molecule has 0 aliphatic rings. The van der Waals surface area contributed by atoms with Gasteiger partial charge >= 0.3 is 0 Å². The summed E-state index contributed by atoms with van der Waals surface area (Å²) in [6.45, 7) is -0.504. The van der Waals surface area contributed by atoms with Crippen molar-refractivity contribution in [3.05, 3.63) is 47.7 Å². The van der Waals surface area contributed by atoms with Gasteiger partial charge in [-0.25, -0.2) is 0 Å². The van der Waals surface area contributed by atoms with Crippen LogP contribution in [0.4, 0.5) is 0 Å². The SMILES string of the molecule is OC[C-]=C(CO)N=[C-]c1ccccc1.[Y]. The second kappa shape index (κ2) is 8.92. The molecule has 1 aromatic rings. The number of aliphatic hydroxyl groups excluding tert-OH is 2. The molecule has 0 amide bonds. The Morgan fingerprint density at radius 2 is 1.87 bits per heavy atom. The number of hydrogen-bond acceptors (Lipinski definition) is 3. The van der Waals surface area contributed by atoms with Crippen molar-refractivity contribution in [1.82, 2.24) is 0 Å². The van der Waals surface area contributed by atoms with E-state index in [0.29, 0.717) is 0 Å². The molecule has 0 spiro atoms. The quantitative estimate of drug-likeness (QED) is 0.627. The molecule has 0 fully saturated rings. The van der Waals surface area contributed by atoms with E-state index in [1.807, 2.05) is 30.3 Å². The summed E-state index contributed by atoms with van der Waals surface area (Å²) in [7, 11) is 0. The van der Waals surface area contributed by atoms with Crippen LogP contribution in [0.5, 0.6) is 0 Å². The van der Waals surface area contributed by atoms with Gasteiger partial charge in [0.2, 0.25) is 0 Å². The second-order valence-corrected chi connectivity index (χ2v) is 2.53. The fraction of sp³-hybridized carbons (Fsp3) is 0.182.